The van der Waals surface area contributed by atoms with Gasteiger partial charge >= 0.3 is 0 Å². The molecule has 294 valence electrons. The Bertz CT molecular complexity index is 3060. The minimum Gasteiger partial charge on any atom is -0.478 e. The summed E-state index contributed by atoms with van der Waals surface area (Å²) in [7, 11) is 0. The molecule has 3 aromatic heterocycles. The lowest BCUT2D eigenvalue weighted by Crippen LogP contribution is -2.38. The van der Waals surface area contributed by atoms with Crippen molar-refractivity contribution in [3.05, 3.63) is 213 Å². The average Bonchev–Trinajstić information content (AvgIpc) is 3.36. The van der Waals surface area contributed by atoms with Crippen LogP contribution in [0.15, 0.2) is 213 Å². The highest BCUT2D eigenvalue weighted by molar-refractivity contribution is 5.87. The van der Waals surface area contributed by atoms with Gasteiger partial charge in [-0.3, -0.25) is 9.97 Å². The molecule has 0 spiro atoms. The molecule has 7 heteroatoms. The Morgan fingerprint density at radius 3 is 1.39 bits per heavy atom. The molecule has 9 aromatic rings. The second-order valence-corrected chi connectivity index (χ2v) is 15.2. The van der Waals surface area contributed by atoms with Crippen LogP contribution in [0, 0.1) is 0 Å². The van der Waals surface area contributed by atoms with Crippen LogP contribution >= 0.6 is 0 Å². The van der Waals surface area contributed by atoms with E-state index in [2.05, 4.69) is 107 Å². The van der Waals surface area contributed by atoms with Crippen molar-refractivity contribution in [1.82, 2.24) is 24.9 Å². The summed E-state index contributed by atoms with van der Waals surface area (Å²) in [4.78, 5) is 24.4. The molecule has 2 unspecified atom stereocenters. The Morgan fingerprint density at radius 2 is 0.774 bits per heavy atom. The van der Waals surface area contributed by atoms with Crippen molar-refractivity contribution >= 4 is 0 Å². The molecule has 0 saturated carbocycles. The van der Waals surface area contributed by atoms with E-state index in [0.29, 0.717) is 34.5 Å². The summed E-state index contributed by atoms with van der Waals surface area (Å²) in [6.07, 6.45) is 14.7. The first-order valence-corrected chi connectivity index (χ1v) is 20.6. The van der Waals surface area contributed by atoms with Crippen molar-refractivity contribution in [2.45, 2.75) is 12.2 Å². The largest absolute Gasteiger partial charge is 0.478 e. The van der Waals surface area contributed by atoms with Gasteiger partial charge in [-0.25, -0.2) is 15.0 Å². The molecule has 2 aliphatic rings. The molecule has 0 saturated heterocycles. The van der Waals surface area contributed by atoms with Gasteiger partial charge in [-0.05, 0) is 99.6 Å². The fraction of sp³-hybridized carbons (Fsp3) is 0.0364. The van der Waals surface area contributed by atoms with Crippen molar-refractivity contribution < 1.29 is 9.47 Å². The van der Waals surface area contributed by atoms with E-state index >= 15 is 0 Å². The van der Waals surface area contributed by atoms with Gasteiger partial charge in [-0.1, -0.05) is 127 Å². The van der Waals surface area contributed by atoms with Crippen molar-refractivity contribution in [1.29, 1.82) is 0 Å². The number of allylic oxidation sites excluding steroid dienone is 2. The zero-order valence-electron chi connectivity index (χ0n) is 33.4. The van der Waals surface area contributed by atoms with Gasteiger partial charge in [0, 0.05) is 52.6 Å². The van der Waals surface area contributed by atoms with Crippen LogP contribution in [-0.2, 0) is 0 Å². The average molecular weight is 800 g/mol. The van der Waals surface area contributed by atoms with Crippen LogP contribution in [0.25, 0.3) is 89.8 Å². The van der Waals surface area contributed by atoms with Gasteiger partial charge in [0.2, 0.25) is 0 Å². The van der Waals surface area contributed by atoms with E-state index in [1.54, 1.807) is 12.4 Å². The smallest absolute Gasteiger partial charge is 0.174 e. The maximum absolute atomic E-state index is 6.97. The van der Waals surface area contributed by atoms with Crippen molar-refractivity contribution in [2.75, 3.05) is 0 Å². The quantitative estimate of drug-likeness (QED) is 0.151. The first-order chi connectivity index (χ1) is 30.7. The van der Waals surface area contributed by atoms with Gasteiger partial charge in [-0.15, -0.1) is 0 Å². The normalized spacial score (nSPS) is 14.9. The summed E-state index contributed by atoms with van der Waals surface area (Å²) in [6.45, 7) is 0. The van der Waals surface area contributed by atoms with Crippen LogP contribution < -0.4 is 9.47 Å². The number of pyridine rings is 2. The predicted octanol–water partition coefficient (Wildman–Crippen LogP) is 12.6. The van der Waals surface area contributed by atoms with Gasteiger partial charge in [0.25, 0.3) is 0 Å². The Kier molecular flexibility index (Phi) is 9.52. The highest BCUT2D eigenvalue weighted by Crippen LogP contribution is 2.49. The van der Waals surface area contributed by atoms with Crippen molar-refractivity contribution in [3.8, 4) is 101 Å². The van der Waals surface area contributed by atoms with Gasteiger partial charge < -0.3 is 9.47 Å². The number of benzene rings is 6. The molecule has 62 heavy (non-hydrogen) atoms. The van der Waals surface area contributed by atoms with Gasteiger partial charge in [0.1, 0.15) is 0 Å². The summed E-state index contributed by atoms with van der Waals surface area (Å²) in [5.41, 5.74) is 12.7. The molecule has 1 aliphatic heterocycles. The SMILES string of the molecule is C1=CC2Oc3c(-c4cc(-c5cccnc5)cc(-c5cccnc5)c4)ccc(-c4nc(-c5ccc(-c6ccccc6)cc5)nc(-c5cccc(-c6ccccc6)c5)n4)c3OC2C=C1. The maximum atomic E-state index is 6.97. The molecule has 7 nitrogen and oxygen atoms in total. The number of ether oxygens (including phenoxy) is 2. The molecule has 4 heterocycles. The molecule has 0 radical (unpaired) electrons. The lowest BCUT2D eigenvalue weighted by molar-refractivity contribution is 0.0769. The minimum atomic E-state index is -0.344. The third-order valence-corrected chi connectivity index (χ3v) is 11.2. The predicted molar refractivity (Wildman–Crippen MR) is 246 cm³/mol. The summed E-state index contributed by atoms with van der Waals surface area (Å²) in [5, 5.41) is 0. The second-order valence-electron chi connectivity index (χ2n) is 15.2. The van der Waals surface area contributed by atoms with E-state index in [1.807, 2.05) is 103 Å². The van der Waals surface area contributed by atoms with Crippen molar-refractivity contribution in [2.24, 2.45) is 0 Å². The number of hydrogen-bond acceptors (Lipinski definition) is 7. The van der Waals surface area contributed by atoms with Gasteiger partial charge in [0.15, 0.2) is 41.2 Å². The summed E-state index contributed by atoms with van der Waals surface area (Å²) >= 11 is 0. The molecule has 2 atom stereocenters. The summed E-state index contributed by atoms with van der Waals surface area (Å²) in [5.74, 6) is 2.76. The minimum absolute atomic E-state index is 0.325. The zero-order chi connectivity index (χ0) is 41.2. The van der Waals surface area contributed by atoms with E-state index in [1.165, 1.54) is 0 Å². The first-order valence-electron chi connectivity index (χ1n) is 20.6. The molecule has 0 bridgehead atoms. The standard InChI is InChI=1S/C55H37N5O2/c1-3-12-36(13-4-1)38-22-24-39(25-23-38)53-58-54(41-17-9-16-40(30-41)37-14-5-2-6-15-37)60-55(59-53)48-27-26-47(51-52(48)62-50-21-8-7-20-49(50)61-51)46-32-44(42-18-10-28-56-34-42)31-45(33-46)43-19-11-29-57-35-43/h1-35,49-50H. The first kappa shape index (κ1) is 36.8. The number of hydrogen-bond donors (Lipinski definition) is 0. The topological polar surface area (TPSA) is 82.9 Å². The Hall–Kier alpha value is -8.29. The molecule has 11 rings (SSSR count). The second kappa shape index (κ2) is 16.0. The molecule has 1 aliphatic carbocycles. The Labute approximate surface area is 359 Å². The van der Waals surface area contributed by atoms with E-state index in [0.717, 1.165) is 66.8 Å². The van der Waals surface area contributed by atoms with Crippen LogP contribution in [0.5, 0.6) is 11.5 Å². The van der Waals surface area contributed by atoms with E-state index in [-0.39, 0.29) is 12.2 Å². The van der Waals surface area contributed by atoms with E-state index in [4.69, 9.17) is 24.4 Å². The van der Waals surface area contributed by atoms with E-state index in [9.17, 15) is 0 Å². The third kappa shape index (κ3) is 7.22. The van der Waals surface area contributed by atoms with Crippen LogP contribution in [0.2, 0.25) is 0 Å². The van der Waals surface area contributed by atoms with Crippen LogP contribution in [0.4, 0.5) is 0 Å². The van der Waals surface area contributed by atoms with E-state index < -0.39 is 0 Å². The fourth-order valence-electron chi connectivity index (χ4n) is 8.10. The number of aromatic nitrogens is 5. The van der Waals surface area contributed by atoms with Gasteiger partial charge in [0.05, 0.1) is 5.56 Å². The zero-order valence-corrected chi connectivity index (χ0v) is 33.4. The fourth-order valence-corrected chi connectivity index (χ4v) is 8.10. The molecular weight excluding hydrogens is 763 g/mol. The summed E-state index contributed by atoms with van der Waals surface area (Å²) in [6, 6.07) is 56.1. The molecular formula is C55H37N5O2. The van der Waals surface area contributed by atoms with Gasteiger partial charge in [-0.2, -0.15) is 0 Å². The third-order valence-electron chi connectivity index (χ3n) is 11.2. The number of fused-ring (bicyclic) bond motifs is 2. The summed E-state index contributed by atoms with van der Waals surface area (Å²) < 4.78 is 13.9. The highest BCUT2D eigenvalue weighted by atomic mass is 16.6. The molecule has 0 fully saturated rings. The number of rotatable bonds is 8. The number of nitrogens with zero attached hydrogens (tertiary/aromatic N) is 5. The monoisotopic (exact) mass is 799 g/mol. The maximum Gasteiger partial charge on any atom is 0.174 e. The molecule has 0 amide bonds. The Balaban J connectivity index is 1.10. The lowest BCUT2D eigenvalue weighted by atomic mass is 9.92. The van der Waals surface area contributed by atoms with Crippen molar-refractivity contribution in [3.63, 3.8) is 0 Å². The van der Waals surface area contributed by atoms with Crippen LogP contribution in [0.1, 0.15) is 0 Å². The van der Waals surface area contributed by atoms with Crippen LogP contribution in [-0.4, -0.2) is 37.1 Å². The van der Waals surface area contributed by atoms with Crippen LogP contribution in [0.3, 0.4) is 0 Å². The Morgan fingerprint density at radius 1 is 0.323 bits per heavy atom. The lowest BCUT2D eigenvalue weighted by Gasteiger charge is -2.34. The highest BCUT2D eigenvalue weighted by Gasteiger charge is 2.34. The molecule has 0 N–H and O–H groups in total. The molecule has 6 aromatic carbocycles.